The van der Waals surface area contributed by atoms with E-state index in [1.165, 1.54) is 30.4 Å². The van der Waals surface area contributed by atoms with Crippen LogP contribution in [0.1, 0.15) is 50.2 Å². The molecule has 1 fully saturated rings. The summed E-state index contributed by atoms with van der Waals surface area (Å²) in [6, 6.07) is 9.12. The summed E-state index contributed by atoms with van der Waals surface area (Å²) in [4.78, 5) is 14.7. The van der Waals surface area contributed by atoms with E-state index in [0.717, 1.165) is 38.9 Å². The van der Waals surface area contributed by atoms with Crippen molar-refractivity contribution in [2.45, 2.75) is 58.0 Å². The van der Waals surface area contributed by atoms with Crippen molar-refractivity contribution in [2.24, 2.45) is 5.92 Å². The number of nitrogens with zero attached hydrogens (tertiary/aromatic N) is 1. The van der Waals surface area contributed by atoms with Crippen molar-refractivity contribution in [1.82, 2.24) is 10.2 Å². The van der Waals surface area contributed by atoms with Gasteiger partial charge in [-0.1, -0.05) is 43.5 Å². The van der Waals surface area contributed by atoms with Crippen molar-refractivity contribution in [2.75, 3.05) is 13.1 Å². The highest BCUT2D eigenvalue weighted by molar-refractivity contribution is 5.78. The summed E-state index contributed by atoms with van der Waals surface area (Å²) < 4.78 is 0. The normalized spacial score (nSPS) is 21.1. The van der Waals surface area contributed by atoms with Crippen LogP contribution in [0, 0.1) is 5.92 Å². The molecule has 1 aromatic rings. The zero-order valence-electron chi connectivity index (χ0n) is 13.7. The van der Waals surface area contributed by atoms with Crippen LogP contribution in [0.4, 0.5) is 0 Å². The van der Waals surface area contributed by atoms with Gasteiger partial charge < -0.3 is 5.32 Å². The van der Waals surface area contributed by atoms with Gasteiger partial charge in [-0.15, -0.1) is 0 Å². The molecule has 1 atom stereocenters. The average Bonchev–Trinajstić information content (AvgIpc) is 2.59. The van der Waals surface area contributed by atoms with Gasteiger partial charge in [0.2, 0.25) is 5.91 Å². The Bertz CT molecular complexity index is 508. The third-order valence-electron chi connectivity index (χ3n) is 5.33. The number of hydrogen-bond acceptors (Lipinski definition) is 2. The Morgan fingerprint density at radius 2 is 1.95 bits per heavy atom. The van der Waals surface area contributed by atoms with Crippen LogP contribution >= 0.6 is 0 Å². The number of nitrogens with one attached hydrogen (secondary N) is 1. The van der Waals surface area contributed by atoms with Crippen LogP contribution in [0.2, 0.25) is 0 Å². The fourth-order valence-electron chi connectivity index (χ4n) is 3.78. The molecule has 1 saturated carbocycles. The van der Waals surface area contributed by atoms with Crippen molar-refractivity contribution in [3.8, 4) is 0 Å². The minimum atomic E-state index is 0.267. The molecule has 1 heterocycles. The first-order valence-electron chi connectivity index (χ1n) is 8.82. The fourth-order valence-corrected chi connectivity index (χ4v) is 3.78. The van der Waals surface area contributed by atoms with E-state index in [1.54, 1.807) is 0 Å². The second kappa shape index (κ2) is 7.28. The third kappa shape index (κ3) is 3.70. The van der Waals surface area contributed by atoms with E-state index < -0.39 is 0 Å². The molecule has 22 heavy (non-hydrogen) atoms. The fraction of sp³-hybridized carbons (Fsp3) is 0.632. The molecular weight excluding hydrogens is 272 g/mol. The van der Waals surface area contributed by atoms with Gasteiger partial charge >= 0.3 is 0 Å². The molecule has 3 nitrogen and oxygen atoms in total. The van der Waals surface area contributed by atoms with Gasteiger partial charge in [0.15, 0.2) is 0 Å². The zero-order chi connectivity index (χ0) is 15.4. The number of fused-ring (bicyclic) bond motifs is 1. The molecule has 0 saturated heterocycles. The van der Waals surface area contributed by atoms with E-state index in [2.05, 4.69) is 41.4 Å². The molecule has 1 aromatic carbocycles. The van der Waals surface area contributed by atoms with Gasteiger partial charge in [0.1, 0.15) is 0 Å². The molecule has 0 bridgehead atoms. The van der Waals surface area contributed by atoms with Crippen LogP contribution < -0.4 is 5.32 Å². The monoisotopic (exact) mass is 300 g/mol. The lowest BCUT2D eigenvalue weighted by Gasteiger charge is -2.34. The maximum atomic E-state index is 12.3. The summed E-state index contributed by atoms with van der Waals surface area (Å²) in [5, 5.41) is 3.19. The first-order chi connectivity index (χ1) is 10.7. The highest BCUT2D eigenvalue weighted by atomic mass is 16.1. The van der Waals surface area contributed by atoms with E-state index in [0.29, 0.717) is 6.04 Å². The summed E-state index contributed by atoms with van der Waals surface area (Å²) in [6.07, 6.45) is 7.02. The maximum absolute atomic E-state index is 12.3. The highest BCUT2D eigenvalue weighted by Gasteiger charge is 2.23. The molecule has 2 aliphatic rings. The molecule has 1 aliphatic heterocycles. The van der Waals surface area contributed by atoms with E-state index >= 15 is 0 Å². The Morgan fingerprint density at radius 1 is 1.23 bits per heavy atom. The lowest BCUT2D eigenvalue weighted by Crippen LogP contribution is -2.45. The molecule has 120 valence electrons. The standard InChI is InChI=1S/C19H28N2O/c1-15(13-20-19(22)17-8-3-2-4-9-17)21-12-11-16-7-5-6-10-18(16)14-21/h5-7,10,15,17H,2-4,8-9,11-14H2,1H3,(H,20,22). The average molecular weight is 300 g/mol. The second-order valence-electron chi connectivity index (χ2n) is 6.92. The highest BCUT2D eigenvalue weighted by Crippen LogP contribution is 2.24. The second-order valence-corrected chi connectivity index (χ2v) is 6.92. The predicted molar refractivity (Wildman–Crippen MR) is 89.6 cm³/mol. The zero-order valence-corrected chi connectivity index (χ0v) is 13.7. The summed E-state index contributed by atoms with van der Waals surface area (Å²) in [7, 11) is 0. The Hall–Kier alpha value is -1.35. The van der Waals surface area contributed by atoms with Crippen molar-refractivity contribution < 1.29 is 4.79 Å². The van der Waals surface area contributed by atoms with Crippen LogP contribution in [0.5, 0.6) is 0 Å². The lowest BCUT2D eigenvalue weighted by atomic mass is 9.88. The number of carbonyl (C=O) groups is 1. The van der Waals surface area contributed by atoms with Gasteiger partial charge in [-0.25, -0.2) is 0 Å². The minimum absolute atomic E-state index is 0.267. The molecule has 3 heteroatoms. The molecule has 3 rings (SSSR count). The Labute approximate surface area is 134 Å². The molecule has 1 aliphatic carbocycles. The van der Waals surface area contributed by atoms with Gasteiger partial charge in [-0.3, -0.25) is 9.69 Å². The number of benzene rings is 1. The van der Waals surface area contributed by atoms with Crippen LogP contribution in [-0.2, 0) is 17.8 Å². The summed E-state index contributed by atoms with van der Waals surface area (Å²) in [6.45, 7) is 5.11. The number of hydrogen-bond donors (Lipinski definition) is 1. The molecular formula is C19H28N2O. The Morgan fingerprint density at radius 3 is 2.73 bits per heavy atom. The van der Waals surface area contributed by atoms with Crippen LogP contribution in [0.15, 0.2) is 24.3 Å². The Balaban J connectivity index is 1.48. The maximum Gasteiger partial charge on any atom is 0.223 e. The molecule has 0 radical (unpaired) electrons. The lowest BCUT2D eigenvalue weighted by molar-refractivity contribution is -0.126. The van der Waals surface area contributed by atoms with Crippen LogP contribution in [0.25, 0.3) is 0 Å². The number of rotatable bonds is 4. The van der Waals surface area contributed by atoms with Gasteiger partial charge in [0.05, 0.1) is 0 Å². The minimum Gasteiger partial charge on any atom is -0.354 e. The predicted octanol–water partition coefficient (Wildman–Crippen LogP) is 3.13. The molecule has 1 unspecified atom stereocenters. The van der Waals surface area contributed by atoms with Gasteiger partial charge in [-0.05, 0) is 37.3 Å². The van der Waals surface area contributed by atoms with Gasteiger partial charge in [-0.2, -0.15) is 0 Å². The largest absolute Gasteiger partial charge is 0.354 e. The molecule has 0 spiro atoms. The van der Waals surface area contributed by atoms with Crippen molar-refractivity contribution in [3.05, 3.63) is 35.4 Å². The van der Waals surface area contributed by atoms with Crippen LogP contribution in [0.3, 0.4) is 0 Å². The van der Waals surface area contributed by atoms with E-state index in [9.17, 15) is 4.79 Å². The topological polar surface area (TPSA) is 32.3 Å². The third-order valence-corrected chi connectivity index (χ3v) is 5.33. The smallest absolute Gasteiger partial charge is 0.223 e. The van der Waals surface area contributed by atoms with E-state index in [4.69, 9.17) is 0 Å². The van der Waals surface area contributed by atoms with Gasteiger partial charge in [0, 0.05) is 31.6 Å². The quantitative estimate of drug-likeness (QED) is 0.926. The molecule has 0 aromatic heterocycles. The number of amides is 1. The summed E-state index contributed by atoms with van der Waals surface area (Å²) in [5.41, 5.74) is 2.93. The molecule has 1 amide bonds. The molecule has 1 N–H and O–H groups in total. The first kappa shape index (κ1) is 15.5. The summed E-state index contributed by atoms with van der Waals surface area (Å²) in [5.74, 6) is 0.548. The van der Waals surface area contributed by atoms with Crippen molar-refractivity contribution in [1.29, 1.82) is 0 Å². The van der Waals surface area contributed by atoms with Crippen LogP contribution in [-0.4, -0.2) is 29.9 Å². The van der Waals surface area contributed by atoms with Crippen molar-refractivity contribution >= 4 is 5.91 Å². The van der Waals surface area contributed by atoms with E-state index in [1.807, 2.05) is 0 Å². The number of carbonyl (C=O) groups excluding carboxylic acids is 1. The van der Waals surface area contributed by atoms with Crippen molar-refractivity contribution in [3.63, 3.8) is 0 Å². The van der Waals surface area contributed by atoms with Gasteiger partial charge in [0.25, 0.3) is 0 Å². The summed E-state index contributed by atoms with van der Waals surface area (Å²) >= 11 is 0. The van der Waals surface area contributed by atoms with E-state index in [-0.39, 0.29) is 11.8 Å². The SMILES string of the molecule is CC(CNC(=O)C1CCCCC1)N1CCc2ccccc2C1. The Kier molecular flexibility index (Phi) is 5.14. The first-order valence-corrected chi connectivity index (χ1v) is 8.82.